The maximum Gasteiger partial charge on any atom is 0.236 e. The first-order valence-electron chi connectivity index (χ1n) is 9.50. The van der Waals surface area contributed by atoms with Crippen molar-refractivity contribution in [1.82, 2.24) is 19.7 Å². The van der Waals surface area contributed by atoms with E-state index in [0.717, 1.165) is 44.8 Å². The van der Waals surface area contributed by atoms with Crippen molar-refractivity contribution in [3.63, 3.8) is 0 Å². The summed E-state index contributed by atoms with van der Waals surface area (Å²) in [4.78, 5) is 24.2. The summed E-state index contributed by atoms with van der Waals surface area (Å²) in [5.41, 5.74) is 2.29. The van der Waals surface area contributed by atoms with E-state index >= 15 is 0 Å². The predicted molar refractivity (Wildman–Crippen MR) is 98.6 cm³/mol. The Hall–Kier alpha value is -1.17. The quantitative estimate of drug-likeness (QED) is 0.756. The van der Waals surface area contributed by atoms with Crippen molar-refractivity contribution in [1.29, 1.82) is 0 Å². The van der Waals surface area contributed by atoms with Gasteiger partial charge in [-0.15, -0.1) is 0 Å². The monoisotopic (exact) mass is 362 g/mol. The molecule has 1 aromatic heterocycles. The van der Waals surface area contributed by atoms with Gasteiger partial charge in [0.25, 0.3) is 0 Å². The minimum atomic E-state index is 0.281. The van der Waals surface area contributed by atoms with E-state index in [9.17, 15) is 4.79 Å². The lowest BCUT2D eigenvalue weighted by molar-refractivity contribution is -0.137. The lowest BCUT2D eigenvalue weighted by Gasteiger charge is -2.47. The Morgan fingerprint density at radius 2 is 2.16 bits per heavy atom. The normalized spacial score (nSPS) is 27.7. The maximum atomic E-state index is 12.8. The second-order valence-corrected chi connectivity index (χ2v) is 8.10. The van der Waals surface area contributed by atoms with Crippen LogP contribution in [0.2, 0.25) is 5.15 Å². The minimum absolute atomic E-state index is 0.281. The van der Waals surface area contributed by atoms with Crippen molar-refractivity contribution in [3.05, 3.63) is 28.5 Å². The highest BCUT2D eigenvalue weighted by molar-refractivity contribution is 6.29. The fraction of sp³-hybridized carbons (Fsp3) is 0.684. The van der Waals surface area contributed by atoms with Crippen molar-refractivity contribution in [3.8, 4) is 0 Å². The molecular weight excluding hydrogens is 336 g/mol. The van der Waals surface area contributed by atoms with E-state index < -0.39 is 0 Å². The molecule has 5 nitrogen and oxygen atoms in total. The third-order valence-electron chi connectivity index (χ3n) is 6.06. The van der Waals surface area contributed by atoms with Crippen LogP contribution in [-0.2, 0) is 17.8 Å². The molecule has 4 heterocycles. The van der Waals surface area contributed by atoms with Crippen LogP contribution in [0.15, 0.2) is 12.1 Å². The molecule has 136 valence electrons. The van der Waals surface area contributed by atoms with Gasteiger partial charge in [0.2, 0.25) is 5.91 Å². The molecular formula is C19H27ClN4O. The molecule has 6 heteroatoms. The largest absolute Gasteiger partial charge is 0.339 e. The zero-order chi connectivity index (χ0) is 17.4. The highest BCUT2D eigenvalue weighted by Crippen LogP contribution is 2.26. The Kier molecular flexibility index (Phi) is 4.98. The summed E-state index contributed by atoms with van der Waals surface area (Å²) < 4.78 is 0. The molecule has 2 saturated heterocycles. The summed E-state index contributed by atoms with van der Waals surface area (Å²) in [5.74, 6) is 0.281. The molecule has 3 aliphatic rings. The summed E-state index contributed by atoms with van der Waals surface area (Å²) in [7, 11) is 0. The first kappa shape index (κ1) is 17.3. The molecule has 0 aromatic carbocycles. The number of pyridine rings is 1. The maximum absolute atomic E-state index is 12.8. The van der Waals surface area contributed by atoms with Gasteiger partial charge in [-0.05, 0) is 31.4 Å². The second-order valence-electron chi connectivity index (χ2n) is 7.71. The zero-order valence-electron chi connectivity index (χ0n) is 15.0. The first-order valence-corrected chi connectivity index (χ1v) is 9.88. The second kappa shape index (κ2) is 7.22. The van der Waals surface area contributed by atoms with Gasteiger partial charge in [0.1, 0.15) is 5.15 Å². The Labute approximate surface area is 154 Å². The Balaban J connectivity index is 1.34. The molecule has 3 aliphatic heterocycles. The molecule has 0 radical (unpaired) electrons. The van der Waals surface area contributed by atoms with Crippen LogP contribution in [-0.4, -0.2) is 70.4 Å². The molecule has 0 saturated carbocycles. The molecule has 2 atom stereocenters. The number of hydrogen-bond acceptors (Lipinski definition) is 4. The molecule has 25 heavy (non-hydrogen) atoms. The molecule has 4 rings (SSSR count). The van der Waals surface area contributed by atoms with E-state index in [1.54, 1.807) is 0 Å². The number of piperazine rings is 1. The highest BCUT2D eigenvalue weighted by Gasteiger charge is 2.34. The predicted octanol–water partition coefficient (Wildman–Crippen LogP) is 2.18. The van der Waals surface area contributed by atoms with Crippen LogP contribution in [0, 0.1) is 0 Å². The summed E-state index contributed by atoms with van der Waals surface area (Å²) in [5, 5.41) is 0.558. The number of rotatable bonds is 2. The highest BCUT2D eigenvalue weighted by atomic mass is 35.5. The van der Waals surface area contributed by atoms with Crippen LogP contribution in [0.1, 0.15) is 37.4 Å². The average Bonchev–Trinajstić information content (AvgIpc) is 2.62. The van der Waals surface area contributed by atoms with Gasteiger partial charge in [-0.3, -0.25) is 14.6 Å². The van der Waals surface area contributed by atoms with Gasteiger partial charge in [-0.2, -0.15) is 0 Å². The van der Waals surface area contributed by atoms with Gasteiger partial charge in [0.15, 0.2) is 0 Å². The van der Waals surface area contributed by atoms with Gasteiger partial charge in [0.05, 0.1) is 6.54 Å². The van der Waals surface area contributed by atoms with Gasteiger partial charge in [-0.25, -0.2) is 4.98 Å². The minimum Gasteiger partial charge on any atom is -0.339 e. The van der Waals surface area contributed by atoms with E-state index in [4.69, 9.17) is 11.6 Å². The molecule has 0 aliphatic carbocycles. The van der Waals surface area contributed by atoms with Gasteiger partial charge >= 0.3 is 0 Å². The van der Waals surface area contributed by atoms with Crippen molar-refractivity contribution >= 4 is 17.5 Å². The molecule has 0 spiro atoms. The molecule has 1 amide bonds. The number of piperidine rings is 1. The first-order chi connectivity index (χ1) is 12.1. The lowest BCUT2D eigenvalue weighted by Crippen LogP contribution is -2.59. The van der Waals surface area contributed by atoms with Crippen LogP contribution in [0.25, 0.3) is 0 Å². The van der Waals surface area contributed by atoms with E-state index in [1.165, 1.54) is 24.8 Å². The SMILES string of the molecule is CC1CCCC2CN(C(=O)CN3CCc4nc(Cl)ccc4C3)CCN12. The van der Waals surface area contributed by atoms with Crippen LogP contribution >= 0.6 is 11.6 Å². The van der Waals surface area contributed by atoms with Crippen LogP contribution in [0.4, 0.5) is 0 Å². The van der Waals surface area contributed by atoms with Crippen LogP contribution < -0.4 is 0 Å². The van der Waals surface area contributed by atoms with Crippen molar-refractivity contribution in [2.24, 2.45) is 0 Å². The number of hydrogen-bond donors (Lipinski definition) is 0. The van der Waals surface area contributed by atoms with Crippen molar-refractivity contribution in [2.45, 2.75) is 51.2 Å². The summed E-state index contributed by atoms with van der Waals surface area (Å²) in [6, 6.07) is 5.13. The number of amides is 1. The molecule has 2 unspecified atom stereocenters. The Morgan fingerprint density at radius 1 is 1.28 bits per heavy atom. The van der Waals surface area contributed by atoms with Crippen molar-refractivity contribution < 1.29 is 4.79 Å². The fourth-order valence-corrected chi connectivity index (χ4v) is 4.79. The van der Waals surface area contributed by atoms with Gasteiger partial charge < -0.3 is 4.90 Å². The van der Waals surface area contributed by atoms with E-state index in [2.05, 4.69) is 26.6 Å². The number of aromatic nitrogens is 1. The number of fused-ring (bicyclic) bond motifs is 2. The van der Waals surface area contributed by atoms with Crippen LogP contribution in [0.5, 0.6) is 0 Å². The van der Waals surface area contributed by atoms with E-state index in [-0.39, 0.29) is 5.91 Å². The lowest BCUT2D eigenvalue weighted by atomic mass is 9.94. The fourth-order valence-electron chi connectivity index (χ4n) is 4.62. The number of halogens is 1. The van der Waals surface area contributed by atoms with Gasteiger partial charge in [0, 0.05) is 56.9 Å². The van der Waals surface area contributed by atoms with Crippen molar-refractivity contribution in [2.75, 3.05) is 32.7 Å². The third-order valence-corrected chi connectivity index (χ3v) is 6.27. The third kappa shape index (κ3) is 3.69. The standard InChI is InChI=1S/C19H27ClN4O/c1-14-3-2-4-16-12-23(9-10-24(14)16)19(25)13-22-8-7-17-15(11-22)5-6-18(20)21-17/h5-6,14,16H,2-4,7-13H2,1H3. The summed E-state index contributed by atoms with van der Waals surface area (Å²) >= 11 is 5.98. The van der Waals surface area contributed by atoms with Crippen LogP contribution in [0.3, 0.4) is 0 Å². The molecule has 0 N–H and O–H groups in total. The average molecular weight is 363 g/mol. The molecule has 1 aromatic rings. The molecule has 2 fully saturated rings. The number of nitrogens with zero attached hydrogens (tertiary/aromatic N) is 4. The zero-order valence-corrected chi connectivity index (χ0v) is 15.7. The molecule has 0 bridgehead atoms. The van der Waals surface area contributed by atoms with Gasteiger partial charge in [-0.1, -0.05) is 24.1 Å². The summed E-state index contributed by atoms with van der Waals surface area (Å²) in [6.07, 6.45) is 4.70. The van der Waals surface area contributed by atoms with E-state index in [0.29, 0.717) is 23.8 Å². The van der Waals surface area contributed by atoms with E-state index in [1.807, 2.05) is 12.1 Å². The number of carbonyl (C=O) groups is 1. The Bertz CT molecular complexity index is 652. The smallest absolute Gasteiger partial charge is 0.236 e. The number of carbonyl (C=O) groups excluding carboxylic acids is 1. The Morgan fingerprint density at radius 3 is 3.04 bits per heavy atom. The topological polar surface area (TPSA) is 39.7 Å². The summed E-state index contributed by atoms with van der Waals surface area (Å²) in [6.45, 7) is 7.34.